The molecule has 2 nitrogen and oxygen atoms in total. The Morgan fingerprint density at radius 3 is 2.87 bits per heavy atom. The van der Waals surface area contributed by atoms with E-state index in [1.54, 1.807) is 0 Å². The number of para-hydroxylation sites is 1. The van der Waals surface area contributed by atoms with Gasteiger partial charge in [0.2, 0.25) is 0 Å². The van der Waals surface area contributed by atoms with E-state index in [4.69, 9.17) is 0 Å². The van der Waals surface area contributed by atoms with Crippen LogP contribution in [-0.4, -0.2) is 18.3 Å². The van der Waals surface area contributed by atoms with Crippen LogP contribution in [0.1, 0.15) is 25.8 Å². The van der Waals surface area contributed by atoms with Crippen LogP contribution in [0.25, 0.3) is 0 Å². The second-order valence-electron chi connectivity index (χ2n) is 4.34. The molecule has 1 heterocycles. The van der Waals surface area contributed by atoms with Gasteiger partial charge in [-0.2, -0.15) is 0 Å². The van der Waals surface area contributed by atoms with Gasteiger partial charge >= 0.3 is 0 Å². The van der Waals surface area contributed by atoms with Gasteiger partial charge in [-0.15, -0.1) is 0 Å². The van der Waals surface area contributed by atoms with Gasteiger partial charge in [0.25, 0.3) is 0 Å². The molecule has 2 rings (SSSR count). The van der Waals surface area contributed by atoms with Gasteiger partial charge in [-0.1, -0.05) is 32.0 Å². The molecule has 0 saturated carbocycles. The third-order valence-corrected chi connectivity index (χ3v) is 2.63. The van der Waals surface area contributed by atoms with E-state index >= 15 is 0 Å². The van der Waals surface area contributed by atoms with Crippen LogP contribution in [0.15, 0.2) is 29.3 Å². The monoisotopic (exact) mass is 202 g/mol. The van der Waals surface area contributed by atoms with Crippen molar-refractivity contribution < 1.29 is 0 Å². The number of hydrogen-bond donors (Lipinski definition) is 1. The summed E-state index contributed by atoms with van der Waals surface area (Å²) in [6.07, 6.45) is 2.10. The van der Waals surface area contributed by atoms with Gasteiger partial charge in [0, 0.05) is 24.7 Å². The van der Waals surface area contributed by atoms with Crippen molar-refractivity contribution in [3.63, 3.8) is 0 Å². The number of fused-ring (bicyclic) bond motifs is 1. The first-order valence-corrected chi connectivity index (χ1v) is 5.63. The minimum atomic E-state index is 0.564. The van der Waals surface area contributed by atoms with Crippen molar-refractivity contribution in [2.24, 2.45) is 4.99 Å². The highest BCUT2D eigenvalue weighted by molar-refractivity contribution is 5.93. The number of hydrogen-bond acceptors (Lipinski definition) is 2. The lowest BCUT2D eigenvalue weighted by atomic mass is 10.1. The fourth-order valence-electron chi connectivity index (χ4n) is 1.85. The molecule has 1 aliphatic rings. The van der Waals surface area contributed by atoms with Gasteiger partial charge in [-0.25, -0.2) is 0 Å². The first-order valence-electron chi connectivity index (χ1n) is 5.63. The molecule has 1 N–H and O–H groups in total. The molecule has 0 spiro atoms. The SMILES string of the molecule is CC(C)NCCC1=Nc2ccccc2C1. The Hall–Kier alpha value is -1.15. The van der Waals surface area contributed by atoms with E-state index in [9.17, 15) is 0 Å². The highest BCUT2D eigenvalue weighted by atomic mass is 14.9. The van der Waals surface area contributed by atoms with Gasteiger partial charge in [-0.3, -0.25) is 4.99 Å². The zero-order valence-electron chi connectivity index (χ0n) is 9.46. The first kappa shape index (κ1) is 10.4. The lowest BCUT2D eigenvalue weighted by Crippen LogP contribution is -2.25. The third kappa shape index (κ3) is 2.66. The number of nitrogens with zero attached hydrogens (tertiary/aromatic N) is 1. The predicted molar refractivity (Wildman–Crippen MR) is 65.0 cm³/mol. The van der Waals surface area contributed by atoms with Crippen molar-refractivity contribution in [1.82, 2.24) is 5.32 Å². The van der Waals surface area contributed by atoms with Crippen molar-refractivity contribution in [2.75, 3.05) is 6.54 Å². The molecule has 0 atom stereocenters. The molecule has 0 bridgehead atoms. The quantitative estimate of drug-likeness (QED) is 0.797. The summed E-state index contributed by atoms with van der Waals surface area (Å²) in [4.78, 5) is 4.63. The Morgan fingerprint density at radius 2 is 2.13 bits per heavy atom. The Kier molecular flexibility index (Phi) is 3.17. The topological polar surface area (TPSA) is 24.4 Å². The van der Waals surface area contributed by atoms with Crippen LogP contribution in [0.4, 0.5) is 5.69 Å². The Balaban J connectivity index is 1.88. The number of rotatable bonds is 4. The van der Waals surface area contributed by atoms with E-state index in [0.29, 0.717) is 6.04 Å². The summed E-state index contributed by atoms with van der Waals surface area (Å²) in [6.45, 7) is 5.38. The minimum absolute atomic E-state index is 0.564. The molecular formula is C13H18N2. The lowest BCUT2D eigenvalue weighted by molar-refractivity contribution is 0.599. The zero-order chi connectivity index (χ0) is 10.7. The molecule has 0 aliphatic carbocycles. The van der Waals surface area contributed by atoms with Crippen LogP contribution in [0, 0.1) is 0 Å². The van der Waals surface area contributed by atoms with E-state index in [2.05, 4.69) is 48.4 Å². The Labute approximate surface area is 91.4 Å². The van der Waals surface area contributed by atoms with E-state index < -0.39 is 0 Å². The van der Waals surface area contributed by atoms with E-state index in [-0.39, 0.29) is 0 Å². The lowest BCUT2D eigenvalue weighted by Gasteiger charge is -2.06. The fraction of sp³-hybridized carbons (Fsp3) is 0.462. The maximum atomic E-state index is 4.63. The molecule has 0 amide bonds. The largest absolute Gasteiger partial charge is 0.314 e. The number of aliphatic imine (C=N–C) groups is 1. The highest BCUT2D eigenvalue weighted by Crippen LogP contribution is 2.26. The maximum absolute atomic E-state index is 4.63. The van der Waals surface area contributed by atoms with Crippen molar-refractivity contribution >= 4 is 11.4 Å². The molecular weight excluding hydrogens is 184 g/mol. The summed E-state index contributed by atoms with van der Waals surface area (Å²) in [6, 6.07) is 8.97. The number of nitrogens with one attached hydrogen (secondary N) is 1. The van der Waals surface area contributed by atoms with E-state index in [0.717, 1.165) is 25.1 Å². The smallest absolute Gasteiger partial charge is 0.0664 e. The van der Waals surface area contributed by atoms with E-state index in [1.807, 2.05) is 0 Å². The van der Waals surface area contributed by atoms with Gasteiger partial charge < -0.3 is 5.32 Å². The molecule has 0 radical (unpaired) electrons. The van der Waals surface area contributed by atoms with Crippen LogP contribution in [0.2, 0.25) is 0 Å². The Morgan fingerprint density at radius 1 is 1.33 bits per heavy atom. The average Bonchev–Trinajstić information content (AvgIpc) is 2.59. The van der Waals surface area contributed by atoms with Crippen molar-refractivity contribution in [3.05, 3.63) is 29.8 Å². The molecule has 80 valence electrons. The van der Waals surface area contributed by atoms with Crippen LogP contribution in [-0.2, 0) is 6.42 Å². The second kappa shape index (κ2) is 4.58. The van der Waals surface area contributed by atoms with Gasteiger partial charge in [0.1, 0.15) is 0 Å². The maximum Gasteiger partial charge on any atom is 0.0664 e. The molecule has 1 aromatic rings. The van der Waals surface area contributed by atoms with Crippen molar-refractivity contribution in [2.45, 2.75) is 32.7 Å². The van der Waals surface area contributed by atoms with Gasteiger partial charge in [-0.05, 0) is 18.1 Å². The molecule has 2 heteroatoms. The summed E-state index contributed by atoms with van der Waals surface area (Å²) in [5, 5.41) is 3.42. The summed E-state index contributed by atoms with van der Waals surface area (Å²) >= 11 is 0. The van der Waals surface area contributed by atoms with Crippen LogP contribution in [0.3, 0.4) is 0 Å². The molecule has 1 aliphatic heterocycles. The van der Waals surface area contributed by atoms with Crippen LogP contribution >= 0.6 is 0 Å². The summed E-state index contributed by atoms with van der Waals surface area (Å²) < 4.78 is 0. The average molecular weight is 202 g/mol. The number of benzene rings is 1. The Bertz CT molecular complexity index is 367. The predicted octanol–water partition coefficient (Wildman–Crippen LogP) is 2.70. The summed E-state index contributed by atoms with van der Waals surface area (Å²) in [5.74, 6) is 0. The molecule has 0 saturated heterocycles. The summed E-state index contributed by atoms with van der Waals surface area (Å²) in [5.41, 5.74) is 3.85. The van der Waals surface area contributed by atoms with Gasteiger partial charge in [0.15, 0.2) is 0 Å². The highest BCUT2D eigenvalue weighted by Gasteiger charge is 2.12. The van der Waals surface area contributed by atoms with Crippen molar-refractivity contribution in [1.29, 1.82) is 0 Å². The minimum Gasteiger partial charge on any atom is -0.314 e. The molecule has 15 heavy (non-hydrogen) atoms. The van der Waals surface area contributed by atoms with Crippen LogP contribution < -0.4 is 5.32 Å². The molecule has 1 aromatic carbocycles. The van der Waals surface area contributed by atoms with Crippen molar-refractivity contribution in [3.8, 4) is 0 Å². The van der Waals surface area contributed by atoms with Gasteiger partial charge in [0.05, 0.1) is 5.69 Å². The third-order valence-electron chi connectivity index (χ3n) is 2.63. The van der Waals surface area contributed by atoms with E-state index in [1.165, 1.54) is 11.3 Å². The fourth-order valence-corrected chi connectivity index (χ4v) is 1.85. The second-order valence-corrected chi connectivity index (χ2v) is 4.34. The zero-order valence-corrected chi connectivity index (χ0v) is 9.46. The molecule has 0 fully saturated rings. The normalized spacial score (nSPS) is 14.2. The standard InChI is InChI=1S/C13H18N2/c1-10(2)14-8-7-12-9-11-5-3-4-6-13(11)15-12/h3-6,10,14H,7-9H2,1-2H3. The molecule has 0 unspecified atom stereocenters. The van der Waals surface area contributed by atoms with Crippen LogP contribution in [0.5, 0.6) is 0 Å². The first-order chi connectivity index (χ1) is 7.25. The summed E-state index contributed by atoms with van der Waals surface area (Å²) in [7, 11) is 0. The molecule has 0 aromatic heterocycles.